The molecule has 0 aliphatic heterocycles. The largest absolute Gasteiger partial charge is 0.480 e. The van der Waals surface area contributed by atoms with E-state index in [-0.39, 0.29) is 31.8 Å². The van der Waals surface area contributed by atoms with Crippen LogP contribution in [-0.4, -0.2) is 82.2 Å². The summed E-state index contributed by atoms with van der Waals surface area (Å²) in [6.07, 6.45) is 0.946. The van der Waals surface area contributed by atoms with E-state index in [1.807, 2.05) is 24.3 Å². The highest BCUT2D eigenvalue weighted by Crippen LogP contribution is 2.18. The Morgan fingerprint density at radius 3 is 2.43 bits per heavy atom. The SMILES string of the molecule is CC(O)C(NC(=O)C(N)Cc1c[nH]c2ccccc12)C(=O)NC(CCCN=C(N)N)C(=O)NCC(=O)O. The maximum Gasteiger partial charge on any atom is 0.322 e. The van der Waals surface area contributed by atoms with Crippen molar-refractivity contribution in [2.24, 2.45) is 22.2 Å². The number of aliphatic imine (C=N–C) groups is 1. The topological polar surface area (TPSA) is 251 Å². The van der Waals surface area contributed by atoms with Gasteiger partial charge >= 0.3 is 5.97 Å². The van der Waals surface area contributed by atoms with Gasteiger partial charge in [-0.1, -0.05) is 18.2 Å². The fraction of sp³-hybridized carbons (Fsp3) is 0.435. The van der Waals surface area contributed by atoms with Gasteiger partial charge in [-0.2, -0.15) is 0 Å². The average molecular weight is 519 g/mol. The number of fused-ring (bicyclic) bond motifs is 1. The Balaban J connectivity index is 2.06. The number of aliphatic carboxylic acids is 1. The van der Waals surface area contributed by atoms with Crippen molar-refractivity contribution in [2.75, 3.05) is 13.1 Å². The number of nitrogens with one attached hydrogen (secondary N) is 4. The van der Waals surface area contributed by atoms with E-state index in [2.05, 4.69) is 25.9 Å². The summed E-state index contributed by atoms with van der Waals surface area (Å²) in [5.41, 5.74) is 18.3. The predicted octanol–water partition coefficient (Wildman–Crippen LogP) is -2.36. The first-order chi connectivity index (χ1) is 17.5. The highest BCUT2D eigenvalue weighted by atomic mass is 16.4. The van der Waals surface area contributed by atoms with Crippen molar-refractivity contribution in [3.05, 3.63) is 36.0 Å². The molecule has 0 spiro atoms. The van der Waals surface area contributed by atoms with Crippen LogP contribution in [0.2, 0.25) is 0 Å². The highest BCUT2D eigenvalue weighted by Gasteiger charge is 2.31. The van der Waals surface area contributed by atoms with Gasteiger partial charge in [0.2, 0.25) is 17.7 Å². The molecule has 0 saturated carbocycles. The molecule has 0 radical (unpaired) electrons. The molecular formula is C23H34N8O6. The zero-order chi connectivity index (χ0) is 27.5. The number of aliphatic hydroxyl groups is 1. The quantitative estimate of drug-likeness (QED) is 0.0735. The molecule has 1 aromatic carbocycles. The number of carbonyl (C=O) groups excluding carboxylic acids is 3. The van der Waals surface area contributed by atoms with E-state index in [4.69, 9.17) is 22.3 Å². The number of guanidine groups is 1. The lowest BCUT2D eigenvalue weighted by atomic mass is 10.0. The third-order valence-electron chi connectivity index (χ3n) is 5.51. The number of carboxylic acid groups (broad SMARTS) is 1. The summed E-state index contributed by atoms with van der Waals surface area (Å²) in [6, 6.07) is 3.89. The van der Waals surface area contributed by atoms with E-state index in [1.165, 1.54) is 6.92 Å². The molecule has 202 valence electrons. The number of H-pyrrole nitrogens is 1. The van der Waals surface area contributed by atoms with Crippen LogP contribution >= 0.6 is 0 Å². The van der Waals surface area contributed by atoms with Crippen molar-refractivity contribution in [3.8, 4) is 0 Å². The molecule has 3 amide bonds. The van der Waals surface area contributed by atoms with Crippen molar-refractivity contribution in [1.29, 1.82) is 0 Å². The zero-order valence-electron chi connectivity index (χ0n) is 20.4. The minimum absolute atomic E-state index is 0.0640. The molecule has 0 aliphatic carbocycles. The second-order valence-corrected chi connectivity index (χ2v) is 8.52. The summed E-state index contributed by atoms with van der Waals surface area (Å²) in [6.45, 7) is 0.812. The number of nitrogens with zero attached hydrogens (tertiary/aromatic N) is 1. The Kier molecular flexibility index (Phi) is 10.8. The minimum Gasteiger partial charge on any atom is -0.480 e. The first kappa shape index (κ1) is 29.1. The number of hydrogen-bond acceptors (Lipinski definition) is 7. The van der Waals surface area contributed by atoms with Gasteiger partial charge in [0.05, 0.1) is 12.1 Å². The van der Waals surface area contributed by atoms with Gasteiger partial charge in [-0.25, -0.2) is 0 Å². The second kappa shape index (κ2) is 13.8. The highest BCUT2D eigenvalue weighted by molar-refractivity contribution is 5.94. The standard InChI is InChI=1S/C23H34N8O6/c1-12(32)19(31-20(35)15(24)9-13-10-28-16-6-3-2-5-14(13)16)22(37)30-17(7-4-8-27-23(25)26)21(36)29-11-18(33)34/h2-3,5-6,10,12,15,17,19,28,32H,4,7-9,11,24H2,1H3,(H,29,36)(H,30,37)(H,31,35)(H,33,34)(H4,25,26,27). The first-order valence-electron chi connectivity index (χ1n) is 11.6. The van der Waals surface area contributed by atoms with Gasteiger partial charge in [0.15, 0.2) is 5.96 Å². The van der Waals surface area contributed by atoms with Crippen LogP contribution in [-0.2, 0) is 25.6 Å². The fourth-order valence-electron chi connectivity index (χ4n) is 3.62. The van der Waals surface area contributed by atoms with Gasteiger partial charge in [-0.05, 0) is 37.8 Å². The smallest absolute Gasteiger partial charge is 0.322 e. The molecule has 37 heavy (non-hydrogen) atoms. The molecule has 14 heteroatoms. The number of amides is 3. The minimum atomic E-state index is -1.42. The number of para-hydroxylation sites is 1. The van der Waals surface area contributed by atoms with Crippen molar-refractivity contribution >= 4 is 40.6 Å². The zero-order valence-corrected chi connectivity index (χ0v) is 20.4. The van der Waals surface area contributed by atoms with E-state index in [9.17, 15) is 24.3 Å². The van der Waals surface area contributed by atoms with Gasteiger partial charge in [0.1, 0.15) is 18.6 Å². The van der Waals surface area contributed by atoms with Crippen LogP contribution < -0.4 is 33.2 Å². The van der Waals surface area contributed by atoms with Crippen molar-refractivity contribution in [1.82, 2.24) is 20.9 Å². The summed E-state index contributed by atoms with van der Waals surface area (Å²) < 4.78 is 0. The molecule has 4 atom stereocenters. The summed E-state index contributed by atoms with van der Waals surface area (Å²) in [5.74, 6) is -3.69. The second-order valence-electron chi connectivity index (χ2n) is 8.52. The molecule has 0 saturated heterocycles. The third kappa shape index (κ3) is 9.09. The first-order valence-corrected chi connectivity index (χ1v) is 11.6. The normalized spacial score (nSPS) is 14.1. The average Bonchev–Trinajstić information content (AvgIpc) is 3.24. The van der Waals surface area contributed by atoms with Gasteiger partial charge in [-0.15, -0.1) is 0 Å². The van der Waals surface area contributed by atoms with E-state index in [0.29, 0.717) is 0 Å². The number of aliphatic hydroxyl groups excluding tert-OH is 1. The Bertz CT molecular complexity index is 1130. The Morgan fingerprint density at radius 1 is 1.08 bits per heavy atom. The Hall–Kier alpha value is -4.17. The molecule has 1 aromatic heterocycles. The Morgan fingerprint density at radius 2 is 1.78 bits per heavy atom. The lowest BCUT2D eigenvalue weighted by Gasteiger charge is -2.25. The third-order valence-corrected chi connectivity index (χ3v) is 5.51. The molecule has 0 bridgehead atoms. The number of nitrogens with two attached hydrogens (primary N) is 3. The molecule has 2 aromatic rings. The van der Waals surface area contributed by atoms with E-state index < -0.39 is 54.5 Å². The predicted molar refractivity (Wildman–Crippen MR) is 136 cm³/mol. The molecule has 12 N–H and O–H groups in total. The van der Waals surface area contributed by atoms with Gasteiger partial charge in [0, 0.05) is 23.6 Å². The molecule has 14 nitrogen and oxygen atoms in total. The molecule has 1 heterocycles. The number of hydrogen-bond donors (Lipinski definition) is 9. The number of aromatic amines is 1. The van der Waals surface area contributed by atoms with Crippen LogP contribution in [0.4, 0.5) is 0 Å². The molecular weight excluding hydrogens is 484 g/mol. The molecule has 0 aliphatic rings. The number of aromatic nitrogens is 1. The Labute approximate surface area is 213 Å². The van der Waals surface area contributed by atoms with Crippen LogP contribution in [0.25, 0.3) is 10.9 Å². The van der Waals surface area contributed by atoms with Crippen LogP contribution in [0.5, 0.6) is 0 Å². The van der Waals surface area contributed by atoms with Crippen LogP contribution in [0.3, 0.4) is 0 Å². The molecule has 2 rings (SSSR count). The number of benzene rings is 1. The lowest BCUT2D eigenvalue weighted by Crippen LogP contribution is -2.59. The molecule has 0 fully saturated rings. The number of rotatable bonds is 14. The summed E-state index contributed by atoms with van der Waals surface area (Å²) in [5, 5.41) is 27.0. The van der Waals surface area contributed by atoms with Gasteiger partial charge in [0.25, 0.3) is 0 Å². The van der Waals surface area contributed by atoms with E-state index in [0.717, 1.165) is 16.5 Å². The van der Waals surface area contributed by atoms with Crippen molar-refractivity contribution < 1.29 is 29.4 Å². The van der Waals surface area contributed by atoms with Crippen LogP contribution in [0, 0.1) is 0 Å². The van der Waals surface area contributed by atoms with Gasteiger partial charge in [-0.3, -0.25) is 24.2 Å². The van der Waals surface area contributed by atoms with Crippen molar-refractivity contribution in [3.63, 3.8) is 0 Å². The van der Waals surface area contributed by atoms with Gasteiger partial charge < -0.3 is 48.3 Å². The van der Waals surface area contributed by atoms with E-state index in [1.54, 1.807) is 6.20 Å². The monoisotopic (exact) mass is 518 g/mol. The van der Waals surface area contributed by atoms with Crippen molar-refractivity contribution in [2.45, 2.75) is 50.4 Å². The summed E-state index contributed by atoms with van der Waals surface area (Å²) in [4.78, 5) is 55.9. The maximum atomic E-state index is 12.9. The summed E-state index contributed by atoms with van der Waals surface area (Å²) >= 11 is 0. The summed E-state index contributed by atoms with van der Waals surface area (Å²) in [7, 11) is 0. The lowest BCUT2D eigenvalue weighted by molar-refractivity contribution is -0.138. The van der Waals surface area contributed by atoms with Crippen LogP contribution in [0.1, 0.15) is 25.3 Å². The van der Waals surface area contributed by atoms with Crippen LogP contribution in [0.15, 0.2) is 35.5 Å². The molecule has 4 unspecified atom stereocenters. The van der Waals surface area contributed by atoms with E-state index >= 15 is 0 Å². The maximum absolute atomic E-state index is 12.9. The fourth-order valence-corrected chi connectivity index (χ4v) is 3.62. The number of carbonyl (C=O) groups is 4. The number of carboxylic acids is 1.